The number of rotatable bonds is 6. The molecule has 0 spiro atoms. The maximum absolute atomic E-state index is 11.3. The van der Waals surface area contributed by atoms with Crippen LogP contribution in [-0.4, -0.2) is 12.4 Å². The van der Waals surface area contributed by atoms with Gasteiger partial charge in [-0.15, -0.1) is 0 Å². The molecule has 0 bridgehead atoms. The Morgan fingerprint density at radius 3 is 2.56 bits per heavy atom. The van der Waals surface area contributed by atoms with Crippen LogP contribution in [0.5, 0.6) is 0 Å². The molecule has 0 amide bonds. The quantitative estimate of drug-likeness (QED) is 0.686. The third-order valence-corrected chi connectivity index (χ3v) is 3.44. The van der Waals surface area contributed by atoms with Gasteiger partial charge in [0.1, 0.15) is 5.78 Å². The lowest BCUT2D eigenvalue weighted by molar-refractivity contribution is -0.122. The molecule has 86 valence electrons. The second-order valence-electron chi connectivity index (χ2n) is 4.62. The van der Waals surface area contributed by atoms with E-state index in [9.17, 15) is 4.79 Å². The predicted molar refractivity (Wildman–Crippen MR) is 63.1 cm³/mol. The average Bonchev–Trinajstić information content (AvgIpc) is 3.07. The molecule has 16 heavy (non-hydrogen) atoms. The third kappa shape index (κ3) is 2.70. The van der Waals surface area contributed by atoms with Crippen LogP contribution in [0, 0.1) is 5.41 Å². The normalized spacial score (nSPS) is 17.1. The highest BCUT2D eigenvalue weighted by Crippen LogP contribution is 2.49. The SMILES string of the molecule is CC(=O)C1(CCOCc2ccccc2)CC1. The van der Waals surface area contributed by atoms with E-state index in [1.165, 1.54) is 5.56 Å². The Morgan fingerprint density at radius 2 is 2.00 bits per heavy atom. The molecule has 1 saturated carbocycles. The second kappa shape index (κ2) is 4.79. The zero-order valence-electron chi connectivity index (χ0n) is 9.74. The number of benzene rings is 1. The zero-order valence-corrected chi connectivity index (χ0v) is 9.74. The summed E-state index contributed by atoms with van der Waals surface area (Å²) in [6, 6.07) is 10.1. The lowest BCUT2D eigenvalue weighted by Crippen LogP contribution is -2.14. The summed E-state index contributed by atoms with van der Waals surface area (Å²) < 4.78 is 5.59. The van der Waals surface area contributed by atoms with Gasteiger partial charge in [-0.2, -0.15) is 0 Å². The Bertz CT molecular complexity index is 352. The molecule has 1 aromatic rings. The molecule has 0 unspecified atom stereocenters. The number of ketones is 1. The summed E-state index contributed by atoms with van der Waals surface area (Å²) in [7, 11) is 0. The predicted octanol–water partition coefficient (Wildman–Crippen LogP) is 2.96. The van der Waals surface area contributed by atoms with Crippen molar-refractivity contribution in [3.05, 3.63) is 35.9 Å². The molecule has 1 fully saturated rings. The van der Waals surface area contributed by atoms with E-state index in [1.54, 1.807) is 6.92 Å². The van der Waals surface area contributed by atoms with E-state index in [-0.39, 0.29) is 5.41 Å². The molecule has 2 rings (SSSR count). The van der Waals surface area contributed by atoms with E-state index in [1.807, 2.05) is 18.2 Å². The van der Waals surface area contributed by atoms with Crippen LogP contribution in [0.25, 0.3) is 0 Å². The van der Waals surface area contributed by atoms with Gasteiger partial charge >= 0.3 is 0 Å². The van der Waals surface area contributed by atoms with E-state index < -0.39 is 0 Å². The van der Waals surface area contributed by atoms with Crippen molar-refractivity contribution >= 4 is 5.78 Å². The zero-order chi connectivity index (χ0) is 11.4. The monoisotopic (exact) mass is 218 g/mol. The van der Waals surface area contributed by atoms with Gasteiger partial charge in [0.05, 0.1) is 6.61 Å². The van der Waals surface area contributed by atoms with Crippen molar-refractivity contribution in [2.45, 2.75) is 32.8 Å². The second-order valence-corrected chi connectivity index (χ2v) is 4.62. The molecule has 0 aromatic heterocycles. The van der Waals surface area contributed by atoms with Gasteiger partial charge in [0.25, 0.3) is 0 Å². The molecular formula is C14H18O2. The maximum Gasteiger partial charge on any atom is 0.136 e. The van der Waals surface area contributed by atoms with Gasteiger partial charge < -0.3 is 4.74 Å². The van der Waals surface area contributed by atoms with Crippen LogP contribution in [0.2, 0.25) is 0 Å². The number of ether oxygens (including phenoxy) is 1. The van der Waals surface area contributed by atoms with E-state index in [0.29, 0.717) is 19.0 Å². The first-order chi connectivity index (χ1) is 7.73. The lowest BCUT2D eigenvalue weighted by Gasteiger charge is -2.11. The van der Waals surface area contributed by atoms with E-state index in [2.05, 4.69) is 12.1 Å². The molecule has 0 radical (unpaired) electrons. The van der Waals surface area contributed by atoms with Gasteiger partial charge in [-0.3, -0.25) is 4.79 Å². The van der Waals surface area contributed by atoms with Crippen LogP contribution in [-0.2, 0) is 16.1 Å². The molecule has 2 nitrogen and oxygen atoms in total. The maximum atomic E-state index is 11.3. The molecule has 1 aliphatic carbocycles. The van der Waals surface area contributed by atoms with E-state index in [4.69, 9.17) is 4.74 Å². The minimum Gasteiger partial charge on any atom is -0.377 e. The minimum atomic E-state index is -0.0172. The Labute approximate surface area is 96.6 Å². The van der Waals surface area contributed by atoms with Gasteiger partial charge in [0.15, 0.2) is 0 Å². The summed E-state index contributed by atoms with van der Waals surface area (Å²) in [4.78, 5) is 11.3. The van der Waals surface area contributed by atoms with Crippen molar-refractivity contribution in [2.75, 3.05) is 6.61 Å². The molecule has 1 aliphatic rings. The van der Waals surface area contributed by atoms with Gasteiger partial charge in [-0.1, -0.05) is 30.3 Å². The summed E-state index contributed by atoms with van der Waals surface area (Å²) in [6.07, 6.45) is 2.99. The molecule has 2 heteroatoms. The Hall–Kier alpha value is -1.15. The highest BCUT2D eigenvalue weighted by molar-refractivity contribution is 5.84. The highest BCUT2D eigenvalue weighted by atomic mass is 16.5. The highest BCUT2D eigenvalue weighted by Gasteiger charge is 2.46. The van der Waals surface area contributed by atoms with Crippen molar-refractivity contribution in [2.24, 2.45) is 5.41 Å². The van der Waals surface area contributed by atoms with Crippen LogP contribution >= 0.6 is 0 Å². The van der Waals surface area contributed by atoms with Crippen LogP contribution in [0.3, 0.4) is 0 Å². The molecular weight excluding hydrogens is 200 g/mol. The number of carbonyl (C=O) groups is 1. The summed E-state index contributed by atoms with van der Waals surface area (Å²) in [6.45, 7) is 3.04. The largest absolute Gasteiger partial charge is 0.377 e. The Morgan fingerprint density at radius 1 is 1.31 bits per heavy atom. The fourth-order valence-electron chi connectivity index (χ4n) is 1.96. The van der Waals surface area contributed by atoms with E-state index in [0.717, 1.165) is 19.3 Å². The summed E-state index contributed by atoms with van der Waals surface area (Å²) in [5.41, 5.74) is 1.17. The molecule has 1 aromatic carbocycles. The van der Waals surface area contributed by atoms with Crippen molar-refractivity contribution in [1.82, 2.24) is 0 Å². The van der Waals surface area contributed by atoms with Crippen molar-refractivity contribution < 1.29 is 9.53 Å². The Kier molecular flexibility index (Phi) is 3.39. The Balaban J connectivity index is 1.68. The standard InChI is InChI=1S/C14H18O2/c1-12(15)14(7-8-14)9-10-16-11-13-5-3-2-4-6-13/h2-6H,7-11H2,1H3. The van der Waals surface area contributed by atoms with E-state index >= 15 is 0 Å². The van der Waals surface area contributed by atoms with Crippen LogP contribution < -0.4 is 0 Å². The summed E-state index contributed by atoms with van der Waals surface area (Å²) >= 11 is 0. The van der Waals surface area contributed by atoms with Crippen LogP contribution in [0.1, 0.15) is 31.7 Å². The summed E-state index contributed by atoms with van der Waals surface area (Å²) in [5.74, 6) is 0.329. The van der Waals surface area contributed by atoms with Crippen molar-refractivity contribution in [3.8, 4) is 0 Å². The third-order valence-electron chi connectivity index (χ3n) is 3.44. The lowest BCUT2D eigenvalue weighted by atomic mass is 9.99. The number of hydrogen-bond donors (Lipinski definition) is 0. The molecule has 0 heterocycles. The fourth-order valence-corrected chi connectivity index (χ4v) is 1.96. The minimum absolute atomic E-state index is 0.0172. The molecule has 0 N–H and O–H groups in total. The molecule has 0 atom stereocenters. The van der Waals surface area contributed by atoms with Crippen LogP contribution in [0.15, 0.2) is 30.3 Å². The number of hydrogen-bond acceptors (Lipinski definition) is 2. The van der Waals surface area contributed by atoms with Crippen LogP contribution in [0.4, 0.5) is 0 Å². The van der Waals surface area contributed by atoms with Gasteiger partial charge in [0.2, 0.25) is 0 Å². The van der Waals surface area contributed by atoms with Crippen molar-refractivity contribution in [3.63, 3.8) is 0 Å². The topological polar surface area (TPSA) is 26.3 Å². The van der Waals surface area contributed by atoms with Gasteiger partial charge in [0, 0.05) is 12.0 Å². The summed E-state index contributed by atoms with van der Waals surface area (Å²) in [5, 5.41) is 0. The first-order valence-corrected chi connectivity index (χ1v) is 5.86. The molecule has 0 aliphatic heterocycles. The number of carbonyl (C=O) groups excluding carboxylic acids is 1. The first-order valence-electron chi connectivity index (χ1n) is 5.86. The average molecular weight is 218 g/mol. The van der Waals surface area contributed by atoms with Crippen molar-refractivity contribution in [1.29, 1.82) is 0 Å². The smallest absolute Gasteiger partial charge is 0.136 e. The van der Waals surface area contributed by atoms with Gasteiger partial charge in [-0.05, 0) is 31.7 Å². The fraction of sp³-hybridized carbons (Fsp3) is 0.500. The van der Waals surface area contributed by atoms with Gasteiger partial charge in [-0.25, -0.2) is 0 Å². The first kappa shape index (κ1) is 11.3. The number of Topliss-reactive ketones (excluding diaryl/α,β-unsaturated/α-hetero) is 1. The molecule has 0 saturated heterocycles.